The van der Waals surface area contributed by atoms with Crippen LogP contribution in [0.3, 0.4) is 0 Å². The topological polar surface area (TPSA) is 23.9 Å². The molecule has 0 amide bonds. The van der Waals surface area contributed by atoms with Crippen LogP contribution >= 0.6 is 0 Å². The van der Waals surface area contributed by atoms with Gasteiger partial charge in [0.15, 0.2) is 0 Å². The van der Waals surface area contributed by atoms with Gasteiger partial charge >= 0.3 is 0 Å². The number of hydrogen-bond donors (Lipinski definition) is 1. The summed E-state index contributed by atoms with van der Waals surface area (Å²) in [6.07, 6.45) is 1.77. The van der Waals surface area contributed by atoms with E-state index in [2.05, 4.69) is 0 Å². The van der Waals surface area contributed by atoms with Gasteiger partial charge < -0.3 is 5.41 Å². The fraction of sp³-hybridized carbons (Fsp3) is 0.500. The van der Waals surface area contributed by atoms with Gasteiger partial charge in [-0.15, -0.1) is 0 Å². The molecule has 0 fully saturated rings. The van der Waals surface area contributed by atoms with E-state index < -0.39 is 5.83 Å². The van der Waals surface area contributed by atoms with E-state index in [0.717, 1.165) is 0 Å². The summed E-state index contributed by atoms with van der Waals surface area (Å²) in [6, 6.07) is 0. The molecule has 0 spiro atoms. The summed E-state index contributed by atoms with van der Waals surface area (Å²) in [4.78, 5) is 0. The highest BCUT2D eigenvalue weighted by Gasteiger charge is 1.96. The quantitative estimate of drug-likeness (QED) is 0.534. The lowest BCUT2D eigenvalue weighted by atomic mass is 10.2. The Bertz CT molecular complexity index is 116. The van der Waals surface area contributed by atoms with Crippen LogP contribution in [0.4, 0.5) is 4.39 Å². The van der Waals surface area contributed by atoms with E-state index in [1.165, 1.54) is 6.08 Å². The van der Waals surface area contributed by atoms with Crippen molar-refractivity contribution in [2.45, 2.75) is 20.3 Å². The van der Waals surface area contributed by atoms with Crippen LogP contribution in [0.5, 0.6) is 0 Å². The van der Waals surface area contributed by atoms with E-state index in [0.29, 0.717) is 6.42 Å². The Morgan fingerprint density at radius 3 is 2.38 bits per heavy atom. The molecule has 0 aliphatic carbocycles. The maximum absolute atomic E-state index is 12.2. The first-order valence-electron chi connectivity index (χ1n) is 2.62. The summed E-state index contributed by atoms with van der Waals surface area (Å²) in [5.41, 5.74) is 0.0764. The molecule has 0 rings (SSSR count). The highest BCUT2D eigenvalue weighted by Crippen LogP contribution is 1.99. The Balaban J connectivity index is 3.83. The van der Waals surface area contributed by atoms with Crippen LogP contribution in [-0.4, -0.2) is 5.71 Å². The van der Waals surface area contributed by atoms with Crippen molar-refractivity contribution in [3.8, 4) is 0 Å². The molecule has 8 heavy (non-hydrogen) atoms. The Kier molecular flexibility index (Phi) is 3.08. The SMILES string of the molecule is CC=C(F)C(=N)CC. The van der Waals surface area contributed by atoms with E-state index in [9.17, 15) is 4.39 Å². The summed E-state index contributed by atoms with van der Waals surface area (Å²) in [5, 5.41) is 6.90. The first-order valence-corrected chi connectivity index (χ1v) is 2.62. The van der Waals surface area contributed by atoms with Crippen molar-refractivity contribution in [2.75, 3.05) is 0 Å². The molecule has 0 heterocycles. The second-order valence-electron chi connectivity index (χ2n) is 1.47. The fourth-order valence-electron chi connectivity index (χ4n) is 0.343. The zero-order valence-corrected chi connectivity index (χ0v) is 5.16. The first-order chi connectivity index (χ1) is 3.72. The standard InChI is InChI=1S/C6H10FN/c1-3-5(7)6(8)4-2/h3,8H,4H2,1-2H3. The molecule has 2 heteroatoms. The van der Waals surface area contributed by atoms with Crippen molar-refractivity contribution in [2.24, 2.45) is 0 Å². The molecule has 46 valence electrons. The normalized spacial score (nSPS) is 11.6. The Morgan fingerprint density at radius 1 is 1.75 bits per heavy atom. The minimum absolute atomic E-state index is 0.0764. The van der Waals surface area contributed by atoms with Crippen LogP contribution in [0.1, 0.15) is 20.3 Å². The predicted octanol–water partition coefficient (Wildman–Crippen LogP) is 2.29. The first kappa shape index (κ1) is 7.34. The van der Waals surface area contributed by atoms with Gasteiger partial charge in [-0.2, -0.15) is 0 Å². The smallest absolute Gasteiger partial charge is 0.139 e. The lowest BCUT2D eigenvalue weighted by Gasteiger charge is -1.91. The van der Waals surface area contributed by atoms with Gasteiger partial charge in [0, 0.05) is 0 Å². The van der Waals surface area contributed by atoms with Gasteiger partial charge in [-0.3, -0.25) is 0 Å². The molecule has 0 aromatic rings. The summed E-state index contributed by atoms with van der Waals surface area (Å²) in [6.45, 7) is 3.34. The van der Waals surface area contributed by atoms with E-state index >= 15 is 0 Å². The third-order valence-electron chi connectivity index (χ3n) is 0.895. The number of rotatable bonds is 2. The highest BCUT2D eigenvalue weighted by molar-refractivity contribution is 5.95. The maximum atomic E-state index is 12.2. The molecule has 0 bridgehead atoms. The average molecular weight is 115 g/mol. The van der Waals surface area contributed by atoms with Gasteiger partial charge in [0.1, 0.15) is 5.83 Å². The molecule has 0 saturated heterocycles. The van der Waals surface area contributed by atoms with E-state index in [4.69, 9.17) is 5.41 Å². The second kappa shape index (κ2) is 3.36. The van der Waals surface area contributed by atoms with Crippen molar-refractivity contribution in [1.82, 2.24) is 0 Å². The van der Waals surface area contributed by atoms with E-state index in [-0.39, 0.29) is 5.71 Å². The van der Waals surface area contributed by atoms with Gasteiger partial charge in [-0.25, -0.2) is 4.39 Å². The van der Waals surface area contributed by atoms with Crippen molar-refractivity contribution >= 4 is 5.71 Å². The molecule has 0 saturated carbocycles. The van der Waals surface area contributed by atoms with Gasteiger partial charge in [0.05, 0.1) is 5.71 Å². The number of allylic oxidation sites excluding steroid dienone is 2. The fourth-order valence-corrected chi connectivity index (χ4v) is 0.343. The van der Waals surface area contributed by atoms with E-state index in [1.54, 1.807) is 13.8 Å². The Hall–Kier alpha value is -0.660. The third-order valence-corrected chi connectivity index (χ3v) is 0.895. The zero-order valence-electron chi connectivity index (χ0n) is 5.16. The molecule has 0 aliphatic rings. The van der Waals surface area contributed by atoms with Crippen LogP contribution in [0.15, 0.2) is 11.9 Å². The second-order valence-corrected chi connectivity index (χ2v) is 1.47. The van der Waals surface area contributed by atoms with E-state index in [1.807, 2.05) is 0 Å². The summed E-state index contributed by atoms with van der Waals surface area (Å²) in [7, 11) is 0. The number of hydrogen-bond acceptors (Lipinski definition) is 1. The van der Waals surface area contributed by atoms with Crippen LogP contribution < -0.4 is 0 Å². The molecule has 0 aromatic carbocycles. The average Bonchev–Trinajstić information content (AvgIpc) is 1.84. The van der Waals surface area contributed by atoms with Gasteiger partial charge in [-0.1, -0.05) is 6.92 Å². The lowest BCUT2D eigenvalue weighted by molar-refractivity contribution is 0.673. The molecule has 0 aromatic heterocycles. The van der Waals surface area contributed by atoms with Crippen LogP contribution in [-0.2, 0) is 0 Å². The van der Waals surface area contributed by atoms with Crippen molar-refractivity contribution in [3.05, 3.63) is 11.9 Å². The van der Waals surface area contributed by atoms with Crippen LogP contribution in [0.2, 0.25) is 0 Å². The molecule has 0 radical (unpaired) electrons. The molecule has 0 atom stereocenters. The van der Waals surface area contributed by atoms with Gasteiger partial charge in [-0.05, 0) is 19.4 Å². The summed E-state index contributed by atoms with van der Waals surface area (Å²) >= 11 is 0. The monoisotopic (exact) mass is 115 g/mol. The molecule has 0 unspecified atom stereocenters. The minimum atomic E-state index is -0.410. The maximum Gasteiger partial charge on any atom is 0.139 e. The predicted molar refractivity (Wildman–Crippen MR) is 32.9 cm³/mol. The molecule has 1 nitrogen and oxygen atoms in total. The molecule has 0 aliphatic heterocycles. The van der Waals surface area contributed by atoms with Crippen molar-refractivity contribution in [3.63, 3.8) is 0 Å². The minimum Gasteiger partial charge on any atom is -0.302 e. The van der Waals surface area contributed by atoms with Gasteiger partial charge in [0.2, 0.25) is 0 Å². The van der Waals surface area contributed by atoms with Gasteiger partial charge in [0.25, 0.3) is 0 Å². The third kappa shape index (κ3) is 1.87. The molecule has 1 N–H and O–H groups in total. The van der Waals surface area contributed by atoms with Crippen molar-refractivity contribution in [1.29, 1.82) is 5.41 Å². The largest absolute Gasteiger partial charge is 0.302 e. The zero-order chi connectivity index (χ0) is 6.57. The number of nitrogens with one attached hydrogen (secondary N) is 1. The molecular formula is C6H10FN. The van der Waals surface area contributed by atoms with Crippen LogP contribution in [0, 0.1) is 5.41 Å². The molecular weight excluding hydrogens is 105 g/mol. The highest BCUT2D eigenvalue weighted by atomic mass is 19.1. The van der Waals surface area contributed by atoms with Crippen molar-refractivity contribution < 1.29 is 4.39 Å². The summed E-state index contributed by atoms with van der Waals surface area (Å²) < 4.78 is 12.2. The number of halogens is 1. The Morgan fingerprint density at radius 2 is 2.25 bits per heavy atom. The van der Waals surface area contributed by atoms with Crippen LogP contribution in [0.25, 0.3) is 0 Å². The summed E-state index contributed by atoms with van der Waals surface area (Å²) in [5.74, 6) is -0.410. The Labute approximate surface area is 48.7 Å². The lowest BCUT2D eigenvalue weighted by Crippen LogP contribution is -1.92.